The Hall–Kier alpha value is -2.54. The van der Waals surface area contributed by atoms with Crippen LogP contribution in [-0.2, 0) is 14.8 Å². The summed E-state index contributed by atoms with van der Waals surface area (Å²) in [6.07, 6.45) is 1.08. The molecule has 0 spiro atoms. The molecule has 26 heavy (non-hydrogen) atoms. The lowest BCUT2D eigenvalue weighted by atomic mass is 10.1. The van der Waals surface area contributed by atoms with Crippen molar-refractivity contribution in [3.63, 3.8) is 0 Å². The second-order valence-electron chi connectivity index (χ2n) is 6.07. The molecule has 0 radical (unpaired) electrons. The van der Waals surface area contributed by atoms with Gasteiger partial charge in [0.2, 0.25) is 15.9 Å². The molecular weight excluding hydrogens is 352 g/mol. The fourth-order valence-electron chi connectivity index (χ4n) is 2.70. The van der Waals surface area contributed by atoms with Gasteiger partial charge in [-0.05, 0) is 43.7 Å². The molecule has 1 N–H and O–H groups in total. The predicted octanol–water partition coefficient (Wildman–Crippen LogP) is 2.73. The average Bonchev–Trinajstić information content (AvgIpc) is 2.61. The average molecular weight is 376 g/mol. The van der Waals surface area contributed by atoms with E-state index in [9.17, 15) is 13.2 Å². The SMILES string of the molecule is COc1ccc(N([C@@H](C)C(=O)N[C@H](C)c2ccccc2)S(C)(=O)=O)cc1. The van der Waals surface area contributed by atoms with Crippen LogP contribution in [-0.4, -0.2) is 33.7 Å². The van der Waals surface area contributed by atoms with Gasteiger partial charge in [-0.15, -0.1) is 0 Å². The molecule has 2 rings (SSSR count). The topological polar surface area (TPSA) is 75.7 Å². The van der Waals surface area contributed by atoms with Crippen LogP contribution in [0.5, 0.6) is 5.75 Å². The maximum atomic E-state index is 12.7. The molecule has 140 valence electrons. The minimum atomic E-state index is -3.65. The molecule has 0 aromatic heterocycles. The highest BCUT2D eigenvalue weighted by Gasteiger charge is 2.29. The Kier molecular flexibility index (Phi) is 6.26. The molecule has 0 fully saturated rings. The normalized spacial score (nSPS) is 13.5. The van der Waals surface area contributed by atoms with Crippen molar-refractivity contribution in [1.82, 2.24) is 5.32 Å². The summed E-state index contributed by atoms with van der Waals surface area (Å²) in [6.45, 7) is 3.43. The van der Waals surface area contributed by atoms with E-state index in [1.807, 2.05) is 37.3 Å². The van der Waals surface area contributed by atoms with E-state index in [-0.39, 0.29) is 11.9 Å². The van der Waals surface area contributed by atoms with E-state index in [2.05, 4.69) is 5.32 Å². The van der Waals surface area contributed by atoms with Gasteiger partial charge in [0.1, 0.15) is 11.8 Å². The summed E-state index contributed by atoms with van der Waals surface area (Å²) in [6, 6.07) is 14.9. The van der Waals surface area contributed by atoms with Gasteiger partial charge in [-0.25, -0.2) is 8.42 Å². The van der Waals surface area contributed by atoms with Gasteiger partial charge in [0.25, 0.3) is 0 Å². The molecule has 0 saturated carbocycles. The Morgan fingerprint density at radius 2 is 1.62 bits per heavy atom. The van der Waals surface area contributed by atoms with Gasteiger partial charge >= 0.3 is 0 Å². The van der Waals surface area contributed by atoms with Gasteiger partial charge in [0.15, 0.2) is 0 Å². The lowest BCUT2D eigenvalue weighted by Crippen LogP contribution is -2.48. The molecule has 0 saturated heterocycles. The summed E-state index contributed by atoms with van der Waals surface area (Å²) < 4.78 is 30.8. The molecule has 7 heteroatoms. The molecule has 0 unspecified atom stereocenters. The third-order valence-corrected chi connectivity index (χ3v) is 5.32. The number of benzene rings is 2. The maximum Gasteiger partial charge on any atom is 0.244 e. The third kappa shape index (κ3) is 4.76. The minimum Gasteiger partial charge on any atom is -0.497 e. The number of nitrogens with zero attached hydrogens (tertiary/aromatic N) is 1. The van der Waals surface area contributed by atoms with E-state index >= 15 is 0 Å². The zero-order valence-corrected chi connectivity index (χ0v) is 16.2. The fraction of sp³-hybridized carbons (Fsp3) is 0.316. The van der Waals surface area contributed by atoms with Crippen molar-refractivity contribution in [2.24, 2.45) is 0 Å². The Morgan fingerprint density at radius 3 is 2.12 bits per heavy atom. The summed E-state index contributed by atoms with van der Waals surface area (Å²) in [5, 5.41) is 2.87. The summed E-state index contributed by atoms with van der Waals surface area (Å²) in [7, 11) is -2.12. The molecule has 0 aliphatic rings. The van der Waals surface area contributed by atoms with Gasteiger partial charge < -0.3 is 10.1 Å². The minimum absolute atomic E-state index is 0.233. The van der Waals surface area contributed by atoms with Gasteiger partial charge in [0.05, 0.1) is 25.1 Å². The van der Waals surface area contributed by atoms with Crippen LogP contribution < -0.4 is 14.4 Å². The number of sulfonamides is 1. The Labute approximate surface area is 154 Å². The monoisotopic (exact) mass is 376 g/mol. The lowest BCUT2D eigenvalue weighted by molar-refractivity contribution is -0.122. The van der Waals surface area contributed by atoms with Gasteiger partial charge in [-0.2, -0.15) is 0 Å². The first-order valence-corrected chi connectivity index (χ1v) is 10.1. The van der Waals surface area contributed by atoms with Crippen molar-refractivity contribution < 1.29 is 17.9 Å². The fourth-order valence-corrected chi connectivity index (χ4v) is 3.87. The van der Waals surface area contributed by atoms with Gasteiger partial charge in [-0.3, -0.25) is 9.10 Å². The number of methoxy groups -OCH3 is 1. The van der Waals surface area contributed by atoms with Crippen LogP contribution in [0.1, 0.15) is 25.5 Å². The number of nitrogens with one attached hydrogen (secondary N) is 1. The Balaban J connectivity index is 2.23. The molecule has 2 atom stereocenters. The number of rotatable bonds is 7. The summed E-state index contributed by atoms with van der Waals surface area (Å²) >= 11 is 0. The highest BCUT2D eigenvalue weighted by molar-refractivity contribution is 7.92. The molecule has 1 amide bonds. The largest absolute Gasteiger partial charge is 0.497 e. The van der Waals surface area contributed by atoms with Gasteiger partial charge in [0, 0.05) is 0 Å². The van der Waals surface area contributed by atoms with Crippen molar-refractivity contribution in [3.8, 4) is 5.75 Å². The molecule has 2 aromatic carbocycles. The quantitative estimate of drug-likeness (QED) is 0.806. The standard InChI is InChI=1S/C19H24N2O4S/c1-14(16-8-6-5-7-9-16)20-19(22)15(2)21(26(4,23)24)17-10-12-18(25-3)13-11-17/h5-15H,1-4H3,(H,20,22)/t14-,15+/m1/s1. The van der Waals surface area contributed by atoms with Crippen LogP contribution in [0.2, 0.25) is 0 Å². The van der Waals surface area contributed by atoms with E-state index in [4.69, 9.17) is 4.74 Å². The number of hydrogen-bond acceptors (Lipinski definition) is 4. The second-order valence-corrected chi connectivity index (χ2v) is 7.93. The number of carbonyl (C=O) groups excluding carboxylic acids is 1. The smallest absolute Gasteiger partial charge is 0.244 e. The van der Waals surface area contributed by atoms with Crippen molar-refractivity contribution in [2.45, 2.75) is 25.9 Å². The number of hydrogen-bond donors (Lipinski definition) is 1. The second kappa shape index (κ2) is 8.23. The third-order valence-electron chi connectivity index (χ3n) is 4.07. The van der Waals surface area contributed by atoms with Gasteiger partial charge in [-0.1, -0.05) is 30.3 Å². The molecule has 0 aliphatic heterocycles. The van der Waals surface area contributed by atoms with Crippen LogP contribution in [0.25, 0.3) is 0 Å². The Morgan fingerprint density at radius 1 is 1.04 bits per heavy atom. The zero-order valence-electron chi connectivity index (χ0n) is 15.3. The van der Waals surface area contributed by atoms with E-state index in [0.29, 0.717) is 11.4 Å². The molecule has 2 aromatic rings. The molecule has 0 bridgehead atoms. The highest BCUT2D eigenvalue weighted by Crippen LogP contribution is 2.24. The number of ether oxygens (including phenoxy) is 1. The van der Waals surface area contributed by atoms with Crippen LogP contribution in [0.15, 0.2) is 54.6 Å². The first-order chi connectivity index (χ1) is 12.2. The zero-order chi connectivity index (χ0) is 19.3. The van der Waals surface area contributed by atoms with Crippen LogP contribution >= 0.6 is 0 Å². The maximum absolute atomic E-state index is 12.7. The van der Waals surface area contributed by atoms with Crippen molar-refractivity contribution in [1.29, 1.82) is 0 Å². The van der Waals surface area contributed by atoms with E-state index in [1.54, 1.807) is 31.2 Å². The van der Waals surface area contributed by atoms with Crippen molar-refractivity contribution >= 4 is 21.6 Å². The summed E-state index contributed by atoms with van der Waals surface area (Å²) in [5.41, 5.74) is 1.35. The molecule has 6 nitrogen and oxygen atoms in total. The first kappa shape index (κ1) is 19.8. The van der Waals surface area contributed by atoms with E-state index in [1.165, 1.54) is 7.11 Å². The molecular formula is C19H24N2O4S. The first-order valence-electron chi connectivity index (χ1n) is 8.23. The predicted molar refractivity (Wildman–Crippen MR) is 103 cm³/mol. The van der Waals surface area contributed by atoms with E-state index in [0.717, 1.165) is 16.1 Å². The molecule has 0 aliphatic carbocycles. The number of carbonyl (C=O) groups is 1. The van der Waals surface area contributed by atoms with E-state index < -0.39 is 16.1 Å². The number of amides is 1. The van der Waals surface area contributed by atoms with Crippen molar-refractivity contribution in [2.75, 3.05) is 17.7 Å². The van der Waals surface area contributed by atoms with Crippen LogP contribution in [0.4, 0.5) is 5.69 Å². The van der Waals surface area contributed by atoms with Crippen molar-refractivity contribution in [3.05, 3.63) is 60.2 Å². The van der Waals surface area contributed by atoms with Crippen LogP contribution in [0, 0.1) is 0 Å². The highest BCUT2D eigenvalue weighted by atomic mass is 32.2. The lowest BCUT2D eigenvalue weighted by Gasteiger charge is -2.29. The number of anilines is 1. The summed E-state index contributed by atoms with van der Waals surface area (Å²) in [5.74, 6) is 0.236. The Bertz CT molecular complexity index is 836. The summed E-state index contributed by atoms with van der Waals surface area (Å²) in [4.78, 5) is 12.7. The molecule has 0 heterocycles. The van der Waals surface area contributed by atoms with Crippen LogP contribution in [0.3, 0.4) is 0 Å².